The number of urea groups is 1. The van der Waals surface area contributed by atoms with E-state index in [1.807, 2.05) is 6.20 Å². The number of unbranched alkanes of at least 4 members (excludes halogenated alkanes) is 3. The fourth-order valence-electron chi connectivity index (χ4n) is 2.78. The fourth-order valence-corrected chi connectivity index (χ4v) is 2.78. The number of carbonyl (C=O) groups excluding carboxylic acids is 1. The van der Waals surface area contributed by atoms with Gasteiger partial charge in [-0.25, -0.2) is 4.79 Å². The van der Waals surface area contributed by atoms with Gasteiger partial charge in [0.05, 0.1) is 13.2 Å². The Morgan fingerprint density at radius 1 is 0.969 bits per heavy atom. The lowest BCUT2D eigenvalue weighted by molar-refractivity contribution is 0.0466. The van der Waals surface area contributed by atoms with Crippen LogP contribution in [0.2, 0.25) is 0 Å². The molecule has 0 saturated heterocycles. The van der Waals surface area contributed by atoms with Crippen molar-refractivity contribution < 1.29 is 24.5 Å². The van der Waals surface area contributed by atoms with Crippen molar-refractivity contribution in [2.75, 3.05) is 44.8 Å². The van der Waals surface area contributed by atoms with Crippen LogP contribution in [0.15, 0.2) is 30.1 Å². The van der Waals surface area contributed by atoms with Gasteiger partial charge in [0.2, 0.25) is 0 Å². The summed E-state index contributed by atoms with van der Waals surface area (Å²) >= 11 is 0. The lowest BCUT2D eigenvalue weighted by Gasteiger charge is -2.09. The number of ether oxygens (including phenoxy) is 2. The molecule has 0 aromatic heterocycles. The number of allylic oxidation sites excluding steroid dienone is 1. The summed E-state index contributed by atoms with van der Waals surface area (Å²) in [5, 5.41) is 27.3. The Kier molecular flexibility index (Phi) is 15.4. The number of anilines is 1. The second-order valence-corrected chi connectivity index (χ2v) is 7.50. The van der Waals surface area contributed by atoms with Crippen LogP contribution in [-0.2, 0) is 9.47 Å². The molecule has 0 radical (unpaired) electrons. The largest absolute Gasteiger partial charge is 0.504 e. The van der Waals surface area contributed by atoms with Gasteiger partial charge in [-0.2, -0.15) is 0 Å². The first-order chi connectivity index (χ1) is 15.5. The number of nitrogens with two attached hydrogens (primary N) is 1. The van der Waals surface area contributed by atoms with Crippen molar-refractivity contribution >= 4 is 11.7 Å². The molecule has 0 heterocycles. The van der Waals surface area contributed by atoms with Crippen LogP contribution in [-0.4, -0.2) is 55.8 Å². The maximum absolute atomic E-state index is 11.8. The SMILES string of the molecule is CCCOCCOCCCCCN/C=C(\N)CCCCNC(=O)Nc1ccc(O)c(O)c1. The molecule has 0 aliphatic carbocycles. The molecule has 1 aromatic rings. The van der Waals surface area contributed by atoms with E-state index < -0.39 is 0 Å². The van der Waals surface area contributed by atoms with E-state index in [9.17, 15) is 15.0 Å². The molecule has 32 heavy (non-hydrogen) atoms. The van der Waals surface area contributed by atoms with Gasteiger partial charge in [-0.05, 0) is 57.1 Å². The van der Waals surface area contributed by atoms with Crippen LogP contribution in [0.25, 0.3) is 0 Å². The molecule has 182 valence electrons. The molecular weight excluding hydrogens is 412 g/mol. The number of carbonyl (C=O) groups is 1. The highest BCUT2D eigenvalue weighted by atomic mass is 16.5. The van der Waals surface area contributed by atoms with Crippen LogP contribution in [0.4, 0.5) is 10.5 Å². The van der Waals surface area contributed by atoms with E-state index in [2.05, 4.69) is 22.9 Å². The van der Waals surface area contributed by atoms with Gasteiger partial charge in [-0.15, -0.1) is 0 Å². The minimum absolute atomic E-state index is 0.231. The van der Waals surface area contributed by atoms with E-state index in [-0.39, 0.29) is 17.5 Å². The number of phenols is 2. The molecule has 0 fully saturated rings. The molecule has 0 bridgehead atoms. The number of hydrogen-bond donors (Lipinski definition) is 6. The Morgan fingerprint density at radius 2 is 1.72 bits per heavy atom. The number of aromatic hydroxyl groups is 2. The van der Waals surface area contributed by atoms with Crippen LogP contribution >= 0.6 is 0 Å². The van der Waals surface area contributed by atoms with Crippen LogP contribution in [0.3, 0.4) is 0 Å². The van der Waals surface area contributed by atoms with E-state index in [0.717, 1.165) is 70.4 Å². The van der Waals surface area contributed by atoms with Crippen LogP contribution in [0.1, 0.15) is 51.9 Å². The molecule has 0 unspecified atom stereocenters. The van der Waals surface area contributed by atoms with Gasteiger partial charge in [0.15, 0.2) is 11.5 Å². The third-order valence-electron chi connectivity index (χ3n) is 4.53. The zero-order valence-electron chi connectivity index (χ0n) is 19.2. The molecule has 1 rings (SSSR count). The number of rotatable bonds is 18. The summed E-state index contributed by atoms with van der Waals surface area (Å²) < 4.78 is 10.9. The Balaban J connectivity index is 1.94. The Morgan fingerprint density at radius 3 is 2.47 bits per heavy atom. The van der Waals surface area contributed by atoms with Gasteiger partial charge in [0, 0.05) is 50.0 Å². The van der Waals surface area contributed by atoms with E-state index >= 15 is 0 Å². The first-order valence-corrected chi connectivity index (χ1v) is 11.4. The van der Waals surface area contributed by atoms with Gasteiger partial charge in [-0.3, -0.25) is 0 Å². The maximum atomic E-state index is 11.8. The molecule has 9 heteroatoms. The lowest BCUT2D eigenvalue weighted by atomic mass is 10.2. The predicted octanol–water partition coefficient (Wildman–Crippen LogP) is 3.39. The standard InChI is InChI=1S/C23H40N4O5/c1-2-13-31-15-16-32-14-7-3-5-11-25-18-19(24)8-4-6-12-26-23(30)27-20-9-10-21(28)22(29)17-20/h9-10,17-18,25,28-29H,2-8,11-16,24H2,1H3,(H2,26,27,30)/b19-18-. The Bertz CT molecular complexity index is 670. The summed E-state index contributed by atoms with van der Waals surface area (Å²) in [6, 6.07) is 3.74. The van der Waals surface area contributed by atoms with Crippen molar-refractivity contribution in [2.45, 2.75) is 51.9 Å². The molecule has 0 aliphatic heterocycles. The first-order valence-electron chi connectivity index (χ1n) is 11.4. The maximum Gasteiger partial charge on any atom is 0.319 e. The first kappa shape index (κ1) is 27.4. The van der Waals surface area contributed by atoms with E-state index in [1.54, 1.807) is 0 Å². The minimum atomic E-state index is -0.365. The molecule has 0 atom stereocenters. The third-order valence-corrected chi connectivity index (χ3v) is 4.53. The van der Waals surface area contributed by atoms with Crippen molar-refractivity contribution in [3.63, 3.8) is 0 Å². The van der Waals surface area contributed by atoms with Gasteiger partial charge >= 0.3 is 6.03 Å². The minimum Gasteiger partial charge on any atom is -0.504 e. The van der Waals surface area contributed by atoms with Crippen molar-refractivity contribution in [1.29, 1.82) is 0 Å². The summed E-state index contributed by atoms with van der Waals surface area (Å²) in [5.41, 5.74) is 7.20. The summed E-state index contributed by atoms with van der Waals surface area (Å²) in [6.07, 6.45) is 8.54. The molecule has 0 spiro atoms. The van der Waals surface area contributed by atoms with Crippen molar-refractivity contribution in [3.8, 4) is 11.5 Å². The smallest absolute Gasteiger partial charge is 0.319 e. The number of amides is 2. The Labute approximate surface area is 191 Å². The zero-order chi connectivity index (χ0) is 23.4. The molecule has 0 saturated carbocycles. The number of benzene rings is 1. The predicted molar refractivity (Wildman–Crippen MR) is 127 cm³/mol. The second kappa shape index (κ2) is 18.0. The molecule has 1 aromatic carbocycles. The van der Waals surface area contributed by atoms with Crippen LogP contribution in [0.5, 0.6) is 11.5 Å². The molecular formula is C23H40N4O5. The van der Waals surface area contributed by atoms with Crippen molar-refractivity contribution in [1.82, 2.24) is 10.6 Å². The summed E-state index contributed by atoms with van der Waals surface area (Å²) in [5.74, 6) is -0.513. The summed E-state index contributed by atoms with van der Waals surface area (Å²) in [7, 11) is 0. The van der Waals surface area contributed by atoms with E-state index in [4.69, 9.17) is 15.2 Å². The normalized spacial score (nSPS) is 11.3. The van der Waals surface area contributed by atoms with Gasteiger partial charge in [-0.1, -0.05) is 6.92 Å². The number of hydrogen-bond acceptors (Lipinski definition) is 7. The molecule has 7 N–H and O–H groups in total. The number of nitrogens with one attached hydrogen (secondary N) is 3. The lowest BCUT2D eigenvalue weighted by Crippen LogP contribution is -2.29. The van der Waals surface area contributed by atoms with Crippen molar-refractivity contribution in [3.05, 3.63) is 30.1 Å². The quantitative estimate of drug-likeness (QED) is 0.114. The van der Waals surface area contributed by atoms with Crippen LogP contribution < -0.4 is 21.7 Å². The molecule has 9 nitrogen and oxygen atoms in total. The molecule has 2 amide bonds. The van der Waals surface area contributed by atoms with E-state index in [0.29, 0.717) is 25.4 Å². The topological polar surface area (TPSA) is 138 Å². The van der Waals surface area contributed by atoms with E-state index in [1.165, 1.54) is 18.2 Å². The molecule has 0 aliphatic rings. The highest BCUT2D eigenvalue weighted by Gasteiger charge is 2.04. The van der Waals surface area contributed by atoms with Gasteiger partial charge in [0.1, 0.15) is 0 Å². The van der Waals surface area contributed by atoms with Crippen molar-refractivity contribution in [2.24, 2.45) is 5.73 Å². The average Bonchev–Trinajstić information content (AvgIpc) is 2.77. The second-order valence-electron chi connectivity index (χ2n) is 7.50. The van der Waals surface area contributed by atoms with Gasteiger partial charge < -0.3 is 41.4 Å². The number of phenolic OH excluding ortho intramolecular Hbond substituents is 2. The fraction of sp³-hybridized carbons (Fsp3) is 0.609. The Hall–Kier alpha value is -2.65. The zero-order valence-corrected chi connectivity index (χ0v) is 19.2. The monoisotopic (exact) mass is 452 g/mol. The summed E-state index contributed by atoms with van der Waals surface area (Å²) in [4.78, 5) is 11.8. The van der Waals surface area contributed by atoms with Crippen LogP contribution in [0, 0.1) is 0 Å². The summed E-state index contributed by atoms with van der Waals surface area (Å²) in [6.45, 7) is 6.41. The third kappa shape index (κ3) is 14.4. The highest BCUT2D eigenvalue weighted by molar-refractivity contribution is 5.89. The average molecular weight is 453 g/mol. The van der Waals surface area contributed by atoms with Gasteiger partial charge in [0.25, 0.3) is 0 Å². The highest BCUT2D eigenvalue weighted by Crippen LogP contribution is 2.27.